The summed E-state index contributed by atoms with van der Waals surface area (Å²) < 4.78 is 39.1. The predicted octanol–water partition coefficient (Wildman–Crippen LogP) is 2.96. The first kappa shape index (κ1) is 21.3. The second kappa shape index (κ2) is 7.21. The molecule has 6 rings (SSSR count). The summed E-state index contributed by atoms with van der Waals surface area (Å²) in [6.45, 7) is 0.301. The van der Waals surface area contributed by atoms with Crippen LogP contribution in [-0.4, -0.2) is 50.6 Å². The molecule has 4 aliphatic carbocycles. The minimum Gasteiger partial charge on any atom is -0.465 e. The van der Waals surface area contributed by atoms with Crippen LogP contribution in [0, 0.1) is 29.1 Å². The molecule has 4 saturated carbocycles. The van der Waals surface area contributed by atoms with Crippen molar-refractivity contribution in [3.05, 3.63) is 18.1 Å². The number of aromatic nitrogens is 2. The normalized spacial score (nSPS) is 38.2. The van der Waals surface area contributed by atoms with E-state index in [2.05, 4.69) is 15.3 Å². The van der Waals surface area contributed by atoms with Gasteiger partial charge in [0.25, 0.3) is 0 Å². The molecule has 5 unspecified atom stereocenters. The third-order valence-electron chi connectivity index (χ3n) is 8.20. The number of carboxylic acid groups (broad SMARTS) is 1. The van der Waals surface area contributed by atoms with E-state index in [0.29, 0.717) is 31.7 Å². The zero-order valence-corrected chi connectivity index (χ0v) is 17.4. The smallest absolute Gasteiger partial charge is 0.451 e. The van der Waals surface area contributed by atoms with Gasteiger partial charge in [-0.15, -0.1) is 0 Å². The summed E-state index contributed by atoms with van der Waals surface area (Å²) in [7, 11) is 0. The predicted molar refractivity (Wildman–Crippen MR) is 106 cm³/mol. The van der Waals surface area contributed by atoms with Gasteiger partial charge in [0.1, 0.15) is 5.82 Å². The highest BCUT2D eigenvalue weighted by molar-refractivity contribution is 5.81. The van der Waals surface area contributed by atoms with Crippen LogP contribution < -0.4 is 11.1 Å². The van der Waals surface area contributed by atoms with Crippen LogP contribution in [0.1, 0.15) is 44.3 Å². The van der Waals surface area contributed by atoms with Crippen molar-refractivity contribution in [3.63, 3.8) is 0 Å². The highest BCUT2D eigenvalue weighted by Crippen LogP contribution is 2.63. The van der Waals surface area contributed by atoms with Crippen molar-refractivity contribution in [2.75, 3.05) is 11.9 Å². The highest BCUT2D eigenvalue weighted by Gasteiger charge is 2.61. The van der Waals surface area contributed by atoms with Crippen molar-refractivity contribution in [3.8, 4) is 0 Å². The first-order valence-corrected chi connectivity index (χ1v) is 11.0. The molecular weight excluding hydrogens is 427 g/mol. The molecule has 2 heterocycles. The van der Waals surface area contributed by atoms with E-state index in [9.17, 15) is 27.9 Å². The number of amides is 2. The number of halogens is 3. The summed E-state index contributed by atoms with van der Waals surface area (Å²) in [5.41, 5.74) is 5.29. The van der Waals surface area contributed by atoms with Crippen molar-refractivity contribution < 1.29 is 27.9 Å². The summed E-state index contributed by atoms with van der Waals surface area (Å²) >= 11 is 0. The summed E-state index contributed by atoms with van der Waals surface area (Å²) in [6, 6.07) is 0.611. The molecule has 4 bridgehead atoms. The fraction of sp³-hybridized carbons (Fsp3) is 0.714. The van der Waals surface area contributed by atoms with Gasteiger partial charge in [-0.05, 0) is 68.3 Å². The zero-order valence-electron chi connectivity index (χ0n) is 17.4. The molecule has 11 heteroatoms. The van der Waals surface area contributed by atoms with Crippen molar-refractivity contribution in [2.24, 2.45) is 34.8 Å². The number of nitrogens with zero attached hydrogens (tertiary/aromatic N) is 3. The van der Waals surface area contributed by atoms with Gasteiger partial charge in [0.2, 0.25) is 11.7 Å². The quantitative estimate of drug-likeness (QED) is 0.645. The average Bonchev–Trinajstić information content (AvgIpc) is 3.10. The van der Waals surface area contributed by atoms with Crippen LogP contribution >= 0.6 is 0 Å². The van der Waals surface area contributed by atoms with Crippen LogP contribution in [0.2, 0.25) is 0 Å². The third-order valence-corrected chi connectivity index (χ3v) is 8.20. The van der Waals surface area contributed by atoms with E-state index in [1.807, 2.05) is 0 Å². The zero-order chi connectivity index (χ0) is 22.8. The Morgan fingerprint density at radius 3 is 2.50 bits per heavy atom. The minimum atomic E-state index is -4.66. The number of carbonyl (C=O) groups excluding carboxylic acids is 1. The van der Waals surface area contributed by atoms with Gasteiger partial charge in [0, 0.05) is 18.2 Å². The maximum Gasteiger partial charge on any atom is 0.451 e. The molecule has 4 N–H and O–H groups in total. The van der Waals surface area contributed by atoms with Crippen molar-refractivity contribution in [1.82, 2.24) is 14.9 Å². The minimum absolute atomic E-state index is 0.0342. The molecule has 32 heavy (non-hydrogen) atoms. The molecule has 5 aliphatic rings. The van der Waals surface area contributed by atoms with Crippen molar-refractivity contribution in [2.45, 2.75) is 56.8 Å². The van der Waals surface area contributed by atoms with Crippen LogP contribution in [0.15, 0.2) is 12.3 Å². The monoisotopic (exact) mass is 453 g/mol. The second-order valence-corrected chi connectivity index (χ2v) is 9.96. The fourth-order valence-electron chi connectivity index (χ4n) is 7.36. The number of anilines is 1. The number of nitrogens with two attached hydrogens (primary N) is 1. The van der Waals surface area contributed by atoms with E-state index >= 15 is 0 Å². The fourth-order valence-corrected chi connectivity index (χ4v) is 7.36. The number of likely N-dealkylation sites (tertiary alicyclic amines) is 1. The van der Waals surface area contributed by atoms with E-state index in [4.69, 9.17) is 5.73 Å². The number of hydrogen-bond acceptors (Lipinski definition) is 5. The summed E-state index contributed by atoms with van der Waals surface area (Å²) in [4.78, 5) is 32.7. The van der Waals surface area contributed by atoms with Crippen LogP contribution in [0.4, 0.5) is 23.8 Å². The maximum absolute atomic E-state index is 13.0. The van der Waals surface area contributed by atoms with Crippen LogP contribution in [0.3, 0.4) is 0 Å². The van der Waals surface area contributed by atoms with E-state index in [1.165, 1.54) is 11.0 Å². The molecule has 0 spiro atoms. The Morgan fingerprint density at radius 2 is 1.91 bits per heavy atom. The number of nitrogens with one attached hydrogen (secondary N) is 1. The Labute approximate surface area is 182 Å². The number of alkyl halides is 3. The molecule has 1 aromatic rings. The third kappa shape index (κ3) is 3.36. The molecule has 2 amide bonds. The number of primary amides is 1. The van der Waals surface area contributed by atoms with Gasteiger partial charge in [-0.1, -0.05) is 0 Å². The molecule has 0 aromatic carbocycles. The molecule has 174 valence electrons. The van der Waals surface area contributed by atoms with E-state index in [-0.39, 0.29) is 35.5 Å². The molecule has 5 fully saturated rings. The Morgan fingerprint density at radius 1 is 1.22 bits per heavy atom. The molecular formula is C21H26F3N5O3. The summed E-state index contributed by atoms with van der Waals surface area (Å²) in [6.07, 6.45) is -0.125. The first-order valence-electron chi connectivity index (χ1n) is 11.0. The van der Waals surface area contributed by atoms with Crippen molar-refractivity contribution >= 4 is 17.8 Å². The Hall–Kier alpha value is -2.59. The van der Waals surface area contributed by atoms with E-state index < -0.39 is 29.6 Å². The lowest BCUT2D eigenvalue weighted by atomic mass is 9.44. The molecule has 1 saturated heterocycles. The topological polar surface area (TPSA) is 121 Å². The van der Waals surface area contributed by atoms with Gasteiger partial charge in [0.05, 0.1) is 12.1 Å². The molecule has 8 nitrogen and oxygen atoms in total. The van der Waals surface area contributed by atoms with Crippen LogP contribution in [0.25, 0.3) is 0 Å². The molecule has 1 aliphatic heterocycles. The Bertz CT molecular complexity index is 926. The lowest BCUT2D eigenvalue weighted by Gasteiger charge is -2.61. The lowest BCUT2D eigenvalue weighted by molar-refractivity contribution is -0.154. The summed E-state index contributed by atoms with van der Waals surface area (Å²) in [5.74, 6) is -0.625. The summed E-state index contributed by atoms with van der Waals surface area (Å²) in [5, 5.41) is 12.9. The van der Waals surface area contributed by atoms with Gasteiger partial charge in [-0.2, -0.15) is 13.2 Å². The largest absolute Gasteiger partial charge is 0.465 e. The standard InChI is InChI=1S/C21H26F3N5O3/c22-21(23,24)18-26-3-1-14(28-18)27-13-2-4-29(19(31)32)16(13)15-11-5-10-6-12(15)9-20(7-10,8-11)17(25)30/h1,3,10-13,15-16H,2,4-9H2,(H2,25,30)(H,31,32)(H,26,27,28)/t10?,11-,12+,13?,15?,16?,20?. The Kier molecular flexibility index (Phi) is 4.79. The van der Waals surface area contributed by atoms with Crippen LogP contribution in [-0.2, 0) is 11.0 Å². The lowest BCUT2D eigenvalue weighted by Crippen LogP contribution is -2.61. The number of hydrogen-bond donors (Lipinski definition) is 3. The van der Waals surface area contributed by atoms with Gasteiger partial charge < -0.3 is 21.1 Å². The molecule has 7 atom stereocenters. The van der Waals surface area contributed by atoms with E-state index in [0.717, 1.165) is 25.5 Å². The SMILES string of the molecule is NC(=O)C12CC3C[C@H](C1)C(C1C(Nc4ccnc(C(F)(F)F)n4)CCN1C(=O)O)[C@@H](C3)C2. The number of carbonyl (C=O) groups is 2. The van der Waals surface area contributed by atoms with Gasteiger partial charge in [0.15, 0.2) is 0 Å². The maximum atomic E-state index is 13.0. The van der Waals surface area contributed by atoms with Gasteiger partial charge >= 0.3 is 12.3 Å². The second-order valence-electron chi connectivity index (χ2n) is 9.96. The average molecular weight is 453 g/mol. The number of rotatable bonds is 4. The van der Waals surface area contributed by atoms with Crippen molar-refractivity contribution in [1.29, 1.82) is 0 Å². The molecule has 1 aromatic heterocycles. The van der Waals surface area contributed by atoms with Gasteiger partial charge in [-0.25, -0.2) is 14.8 Å². The first-order chi connectivity index (χ1) is 15.1. The van der Waals surface area contributed by atoms with E-state index in [1.54, 1.807) is 0 Å². The van der Waals surface area contributed by atoms with Crippen LogP contribution in [0.5, 0.6) is 0 Å². The Balaban J connectivity index is 1.43. The van der Waals surface area contributed by atoms with Gasteiger partial charge in [-0.3, -0.25) is 4.79 Å². The highest BCUT2D eigenvalue weighted by atomic mass is 19.4. The molecule has 0 radical (unpaired) electrons.